The molecular weight excluding hydrogens is 482 g/mol. The summed E-state index contributed by atoms with van der Waals surface area (Å²) in [5.41, 5.74) is 2.81. The lowest BCUT2D eigenvalue weighted by atomic mass is 10.1. The minimum absolute atomic E-state index is 0.151. The predicted octanol–water partition coefficient (Wildman–Crippen LogP) is 3.33. The van der Waals surface area contributed by atoms with Gasteiger partial charge in [0.05, 0.1) is 12.9 Å². The van der Waals surface area contributed by atoms with Crippen LogP contribution in [0.3, 0.4) is 0 Å². The van der Waals surface area contributed by atoms with Crippen molar-refractivity contribution in [2.45, 2.75) is 18.6 Å². The zero-order chi connectivity index (χ0) is 25.7. The van der Waals surface area contributed by atoms with Crippen LogP contribution in [0, 0.1) is 0 Å². The van der Waals surface area contributed by atoms with Crippen LogP contribution < -0.4 is 19.1 Å². The van der Waals surface area contributed by atoms with Crippen molar-refractivity contribution < 1.29 is 32.5 Å². The first-order valence-corrected chi connectivity index (χ1v) is 13.6. The monoisotopic (exact) mass is 511 g/mol. The molecule has 1 unspecified atom stereocenters. The third kappa shape index (κ3) is 6.35. The molecule has 4 rings (SSSR count). The molecule has 3 aromatic carbocycles. The van der Waals surface area contributed by atoms with Gasteiger partial charge in [-0.15, -0.1) is 0 Å². The average molecular weight is 512 g/mol. The van der Waals surface area contributed by atoms with Crippen molar-refractivity contribution in [3.05, 3.63) is 72.8 Å². The second-order valence-corrected chi connectivity index (χ2v) is 10.9. The number of aliphatic hydroxyl groups excluding tert-OH is 1. The van der Waals surface area contributed by atoms with Gasteiger partial charge in [-0.1, -0.05) is 42.5 Å². The van der Waals surface area contributed by atoms with Crippen LogP contribution in [0.5, 0.6) is 17.2 Å². The summed E-state index contributed by atoms with van der Waals surface area (Å²) in [4.78, 5) is 14.7. The van der Waals surface area contributed by atoms with Gasteiger partial charge in [-0.05, 0) is 35.4 Å². The first-order valence-electron chi connectivity index (χ1n) is 11.5. The lowest BCUT2D eigenvalue weighted by Gasteiger charge is -2.20. The van der Waals surface area contributed by atoms with E-state index in [1.54, 1.807) is 23.1 Å². The fourth-order valence-electron chi connectivity index (χ4n) is 4.07. The normalized spacial score (nSPS) is 16.6. The van der Waals surface area contributed by atoms with Gasteiger partial charge in [0.15, 0.2) is 17.6 Å². The molecule has 1 N–H and O–H groups in total. The van der Waals surface area contributed by atoms with Crippen LogP contribution in [0.2, 0.25) is 0 Å². The summed E-state index contributed by atoms with van der Waals surface area (Å²) < 4.78 is 39.6. The van der Waals surface area contributed by atoms with E-state index in [0.717, 1.165) is 17.4 Å². The van der Waals surface area contributed by atoms with Gasteiger partial charge in [-0.2, -0.15) is 0 Å². The van der Waals surface area contributed by atoms with Crippen LogP contribution in [0.1, 0.15) is 6.42 Å². The van der Waals surface area contributed by atoms with E-state index in [1.807, 2.05) is 54.6 Å². The number of hydrogen-bond acceptors (Lipinski definition) is 7. The van der Waals surface area contributed by atoms with Gasteiger partial charge in [0.2, 0.25) is 0 Å². The smallest absolute Gasteiger partial charge is 0.268 e. The molecule has 36 heavy (non-hydrogen) atoms. The largest absolute Gasteiger partial charge is 0.493 e. The molecule has 8 nitrogen and oxygen atoms in total. The molecule has 1 aliphatic heterocycles. The lowest BCUT2D eigenvalue weighted by molar-refractivity contribution is -0.122. The molecule has 0 saturated carbocycles. The van der Waals surface area contributed by atoms with Crippen LogP contribution in [0.15, 0.2) is 72.8 Å². The zero-order valence-corrected chi connectivity index (χ0v) is 21.0. The third-order valence-electron chi connectivity index (χ3n) is 5.78. The SMILES string of the molecule is COc1cc(N2CCC(Oc3ccc(-c4ccccc4)cc3)C2=O)ccc1OC[C@H](O)CS(C)(=O)=O. The van der Waals surface area contributed by atoms with E-state index < -0.39 is 27.8 Å². The van der Waals surface area contributed by atoms with Gasteiger partial charge in [0.1, 0.15) is 28.3 Å². The van der Waals surface area contributed by atoms with Crippen LogP contribution in [-0.2, 0) is 14.6 Å². The third-order valence-corrected chi connectivity index (χ3v) is 6.77. The molecule has 1 amide bonds. The number of benzene rings is 3. The van der Waals surface area contributed by atoms with Crippen molar-refractivity contribution in [2.75, 3.05) is 37.2 Å². The number of nitrogens with zero attached hydrogens (tertiary/aromatic N) is 1. The second-order valence-electron chi connectivity index (χ2n) is 8.67. The predicted molar refractivity (Wildman–Crippen MR) is 137 cm³/mol. The Kier molecular flexibility index (Phi) is 7.81. The Hall–Kier alpha value is -3.56. The summed E-state index contributed by atoms with van der Waals surface area (Å²) in [6.45, 7) is 0.284. The Morgan fingerprint density at radius 1 is 1.00 bits per heavy atom. The van der Waals surface area contributed by atoms with Crippen LogP contribution in [0.25, 0.3) is 11.1 Å². The number of hydrogen-bond donors (Lipinski definition) is 1. The number of amides is 1. The number of rotatable bonds is 10. The Morgan fingerprint density at radius 3 is 2.36 bits per heavy atom. The summed E-state index contributed by atoms with van der Waals surface area (Å²) in [6.07, 6.45) is -0.169. The second kappa shape index (κ2) is 11.0. The molecule has 0 aromatic heterocycles. The maximum absolute atomic E-state index is 13.1. The number of anilines is 1. The Balaban J connectivity index is 1.39. The van der Waals surface area contributed by atoms with Gasteiger partial charge in [-0.25, -0.2) is 8.42 Å². The molecule has 0 radical (unpaired) electrons. The van der Waals surface area contributed by atoms with E-state index in [4.69, 9.17) is 14.2 Å². The van der Waals surface area contributed by atoms with E-state index in [9.17, 15) is 18.3 Å². The Labute approximate surface area is 211 Å². The lowest BCUT2D eigenvalue weighted by Crippen LogP contribution is -2.32. The van der Waals surface area contributed by atoms with Crippen molar-refractivity contribution in [1.82, 2.24) is 0 Å². The molecule has 1 aliphatic rings. The van der Waals surface area contributed by atoms with Crippen LogP contribution in [0.4, 0.5) is 5.69 Å². The first-order chi connectivity index (χ1) is 17.2. The molecular formula is C27H29NO7S. The van der Waals surface area contributed by atoms with Gasteiger partial charge in [0, 0.05) is 31.0 Å². The highest BCUT2D eigenvalue weighted by atomic mass is 32.2. The number of ether oxygens (including phenoxy) is 3. The molecule has 1 saturated heterocycles. The molecule has 0 spiro atoms. The Bertz CT molecular complexity index is 1290. The minimum Gasteiger partial charge on any atom is -0.493 e. The van der Waals surface area contributed by atoms with Crippen molar-refractivity contribution in [2.24, 2.45) is 0 Å². The van der Waals surface area contributed by atoms with E-state index in [0.29, 0.717) is 35.9 Å². The molecule has 1 fully saturated rings. The fraction of sp³-hybridized carbons (Fsp3) is 0.296. The minimum atomic E-state index is -3.33. The highest BCUT2D eigenvalue weighted by Gasteiger charge is 2.34. The number of methoxy groups -OCH3 is 1. The van der Waals surface area contributed by atoms with Gasteiger partial charge in [0.25, 0.3) is 5.91 Å². The summed E-state index contributed by atoms with van der Waals surface area (Å²) in [7, 11) is -1.86. The standard InChI is InChI=1S/C27H29NO7S/c1-33-26-16-21(10-13-24(26)34-17-22(29)18-36(2,31)32)28-15-14-25(27(28)30)35-23-11-8-20(9-12-23)19-6-4-3-5-7-19/h3-13,16,22,25,29H,14-15,17-18H2,1-2H3/t22-,25?/m0/s1. The number of carbonyl (C=O) groups excluding carboxylic acids is 1. The molecule has 1 heterocycles. The molecule has 3 aromatic rings. The number of carbonyl (C=O) groups is 1. The molecule has 0 bridgehead atoms. The highest BCUT2D eigenvalue weighted by molar-refractivity contribution is 7.90. The summed E-state index contributed by atoms with van der Waals surface area (Å²) in [5, 5.41) is 9.88. The molecule has 2 atom stereocenters. The summed E-state index contributed by atoms with van der Waals surface area (Å²) >= 11 is 0. The van der Waals surface area contributed by atoms with E-state index in [1.165, 1.54) is 7.11 Å². The molecule has 9 heteroatoms. The molecule has 0 aliphatic carbocycles. The number of sulfone groups is 1. The highest BCUT2D eigenvalue weighted by Crippen LogP contribution is 2.34. The van der Waals surface area contributed by atoms with Crippen LogP contribution in [-0.4, -0.2) is 63.9 Å². The summed E-state index contributed by atoms with van der Waals surface area (Å²) in [6, 6.07) is 22.7. The van der Waals surface area contributed by atoms with Gasteiger partial charge >= 0.3 is 0 Å². The Morgan fingerprint density at radius 2 is 1.69 bits per heavy atom. The van der Waals surface area contributed by atoms with E-state index >= 15 is 0 Å². The topological polar surface area (TPSA) is 102 Å². The van der Waals surface area contributed by atoms with Crippen molar-refractivity contribution >= 4 is 21.4 Å². The quantitative estimate of drug-likeness (QED) is 0.445. The van der Waals surface area contributed by atoms with Gasteiger partial charge < -0.3 is 24.2 Å². The maximum atomic E-state index is 13.1. The van der Waals surface area contributed by atoms with Crippen molar-refractivity contribution in [3.8, 4) is 28.4 Å². The first kappa shape index (κ1) is 25.5. The van der Waals surface area contributed by atoms with Crippen molar-refractivity contribution in [3.63, 3.8) is 0 Å². The zero-order valence-electron chi connectivity index (χ0n) is 20.2. The molecule has 190 valence electrons. The number of aliphatic hydroxyl groups is 1. The fourth-order valence-corrected chi connectivity index (χ4v) is 4.86. The average Bonchev–Trinajstić information content (AvgIpc) is 3.22. The maximum Gasteiger partial charge on any atom is 0.268 e. The van der Waals surface area contributed by atoms with E-state index in [-0.39, 0.29) is 12.5 Å². The van der Waals surface area contributed by atoms with Gasteiger partial charge in [-0.3, -0.25) is 4.79 Å². The van der Waals surface area contributed by atoms with Crippen LogP contribution >= 0.6 is 0 Å². The van der Waals surface area contributed by atoms with E-state index in [2.05, 4.69) is 0 Å². The summed E-state index contributed by atoms with van der Waals surface area (Å²) in [5.74, 6) is 0.788. The van der Waals surface area contributed by atoms with Crippen molar-refractivity contribution in [1.29, 1.82) is 0 Å².